The molecule has 1 heterocycles. The van der Waals surface area contributed by atoms with Crippen LogP contribution in [0.15, 0.2) is 41.8 Å². The van der Waals surface area contributed by atoms with Gasteiger partial charge in [-0.3, -0.25) is 4.79 Å². The second-order valence-electron chi connectivity index (χ2n) is 1.98. The van der Waals surface area contributed by atoms with Gasteiger partial charge in [0.15, 0.2) is 0 Å². The smallest absolute Gasteiger partial charge is 0.329 e. The zero-order chi connectivity index (χ0) is 8.97. The monoisotopic (exact) mass is 165 g/mol. The van der Waals surface area contributed by atoms with Crippen molar-refractivity contribution < 1.29 is 9.63 Å². The average Bonchev–Trinajstić information content (AvgIpc) is 2.09. The van der Waals surface area contributed by atoms with Gasteiger partial charge < -0.3 is 4.84 Å². The first-order valence-electron chi connectivity index (χ1n) is 3.26. The Hall–Kier alpha value is -1.84. The molecule has 0 aliphatic carbocycles. The van der Waals surface area contributed by atoms with E-state index in [9.17, 15) is 9.59 Å². The van der Waals surface area contributed by atoms with Crippen LogP contribution in [-0.4, -0.2) is 10.7 Å². The van der Waals surface area contributed by atoms with Crippen molar-refractivity contribution in [2.45, 2.75) is 0 Å². The van der Waals surface area contributed by atoms with Crippen molar-refractivity contribution in [3.8, 4) is 0 Å². The summed E-state index contributed by atoms with van der Waals surface area (Å²) in [7, 11) is 0. The van der Waals surface area contributed by atoms with Crippen LogP contribution in [0.1, 0.15) is 0 Å². The lowest BCUT2D eigenvalue weighted by atomic mass is 10.5. The Kier molecular flexibility index (Phi) is 2.42. The number of carbonyl (C=O) groups is 1. The summed E-state index contributed by atoms with van der Waals surface area (Å²) in [6, 6.07) is 4.43. The van der Waals surface area contributed by atoms with Gasteiger partial charge in [0, 0.05) is 18.3 Å². The molecule has 0 saturated carbocycles. The maximum Gasteiger partial charge on any atom is 0.356 e. The van der Waals surface area contributed by atoms with Crippen molar-refractivity contribution in [3.63, 3.8) is 0 Å². The van der Waals surface area contributed by atoms with Crippen LogP contribution in [-0.2, 0) is 4.79 Å². The van der Waals surface area contributed by atoms with Crippen LogP contribution in [0.5, 0.6) is 0 Å². The molecule has 1 rings (SSSR count). The molecule has 0 N–H and O–H groups in total. The van der Waals surface area contributed by atoms with E-state index in [2.05, 4.69) is 11.4 Å². The highest BCUT2D eigenvalue weighted by Crippen LogP contribution is 1.78. The molecule has 0 bridgehead atoms. The first kappa shape index (κ1) is 8.26. The molecule has 0 aromatic carbocycles. The van der Waals surface area contributed by atoms with Crippen LogP contribution in [0.3, 0.4) is 0 Å². The molecule has 0 aliphatic rings. The SMILES string of the molecule is C=CC(=O)On1ccccc1=O. The lowest BCUT2D eigenvalue weighted by Gasteiger charge is -2.00. The van der Waals surface area contributed by atoms with Crippen molar-refractivity contribution in [1.82, 2.24) is 4.73 Å². The second-order valence-corrected chi connectivity index (χ2v) is 1.98. The summed E-state index contributed by atoms with van der Waals surface area (Å²) in [6.45, 7) is 3.20. The fraction of sp³-hybridized carbons (Fsp3) is 0. The molecule has 4 heteroatoms. The first-order chi connectivity index (χ1) is 5.74. The van der Waals surface area contributed by atoms with E-state index in [1.807, 2.05) is 0 Å². The summed E-state index contributed by atoms with van der Waals surface area (Å²) in [4.78, 5) is 26.1. The predicted molar refractivity (Wildman–Crippen MR) is 42.5 cm³/mol. The predicted octanol–water partition coefficient (Wildman–Crippen LogP) is -0.0105. The van der Waals surface area contributed by atoms with Gasteiger partial charge in [0.2, 0.25) is 0 Å². The number of aromatic nitrogens is 1. The van der Waals surface area contributed by atoms with Crippen LogP contribution in [0.4, 0.5) is 0 Å². The topological polar surface area (TPSA) is 48.3 Å². The van der Waals surface area contributed by atoms with Gasteiger partial charge in [0.05, 0.1) is 0 Å². The van der Waals surface area contributed by atoms with Gasteiger partial charge in [-0.25, -0.2) is 4.79 Å². The molecule has 0 unspecified atom stereocenters. The fourth-order valence-corrected chi connectivity index (χ4v) is 0.622. The average molecular weight is 165 g/mol. The summed E-state index contributed by atoms with van der Waals surface area (Å²) < 4.78 is 0.837. The molecule has 1 aromatic rings. The van der Waals surface area contributed by atoms with Crippen molar-refractivity contribution in [3.05, 3.63) is 47.4 Å². The highest BCUT2D eigenvalue weighted by Gasteiger charge is 1.98. The van der Waals surface area contributed by atoms with Gasteiger partial charge >= 0.3 is 5.97 Å². The second kappa shape index (κ2) is 3.52. The third-order valence-corrected chi connectivity index (χ3v) is 1.14. The number of carbonyl (C=O) groups excluding carboxylic acids is 1. The molecule has 0 radical (unpaired) electrons. The summed E-state index contributed by atoms with van der Waals surface area (Å²) >= 11 is 0. The molecule has 0 atom stereocenters. The van der Waals surface area contributed by atoms with Gasteiger partial charge in [-0.1, -0.05) is 12.6 Å². The Morgan fingerprint density at radius 3 is 2.92 bits per heavy atom. The standard InChI is InChI=1S/C8H7NO3/c1-2-8(11)12-9-6-4-3-5-7(9)10/h2-6H,1H2. The molecule has 0 aliphatic heterocycles. The van der Waals surface area contributed by atoms with Crippen molar-refractivity contribution in [2.75, 3.05) is 0 Å². The van der Waals surface area contributed by atoms with Crippen molar-refractivity contribution >= 4 is 5.97 Å². The quantitative estimate of drug-likeness (QED) is 0.579. The number of hydrogen-bond donors (Lipinski definition) is 0. The van der Waals surface area contributed by atoms with Gasteiger partial charge in [0.1, 0.15) is 0 Å². The minimum atomic E-state index is -0.664. The molecule has 0 fully saturated rings. The first-order valence-corrected chi connectivity index (χ1v) is 3.26. The van der Waals surface area contributed by atoms with E-state index >= 15 is 0 Å². The third-order valence-electron chi connectivity index (χ3n) is 1.14. The highest BCUT2D eigenvalue weighted by atomic mass is 16.7. The molecule has 0 spiro atoms. The molecular formula is C8H7NO3. The van der Waals surface area contributed by atoms with Gasteiger partial charge in [-0.05, 0) is 6.07 Å². The van der Waals surface area contributed by atoms with E-state index in [4.69, 9.17) is 0 Å². The number of nitrogens with zero attached hydrogens (tertiary/aromatic N) is 1. The van der Waals surface area contributed by atoms with E-state index in [1.54, 1.807) is 12.1 Å². The van der Waals surface area contributed by atoms with Crippen LogP contribution < -0.4 is 10.4 Å². The molecule has 12 heavy (non-hydrogen) atoms. The Morgan fingerprint density at radius 1 is 1.58 bits per heavy atom. The zero-order valence-electron chi connectivity index (χ0n) is 6.27. The molecule has 0 amide bonds. The van der Waals surface area contributed by atoms with E-state index in [-0.39, 0.29) is 0 Å². The Labute approximate surface area is 68.7 Å². The molecule has 0 saturated heterocycles. The Balaban J connectivity index is 2.90. The summed E-state index contributed by atoms with van der Waals surface area (Å²) in [6.07, 6.45) is 2.34. The minimum Gasteiger partial charge on any atom is -0.329 e. The molecule has 1 aromatic heterocycles. The molecule has 4 nitrogen and oxygen atoms in total. The van der Waals surface area contributed by atoms with Crippen molar-refractivity contribution in [1.29, 1.82) is 0 Å². The van der Waals surface area contributed by atoms with E-state index < -0.39 is 11.5 Å². The van der Waals surface area contributed by atoms with Crippen LogP contribution >= 0.6 is 0 Å². The van der Waals surface area contributed by atoms with Gasteiger partial charge in [0.25, 0.3) is 5.56 Å². The highest BCUT2D eigenvalue weighted by molar-refractivity contribution is 5.81. The number of rotatable bonds is 2. The fourth-order valence-electron chi connectivity index (χ4n) is 0.622. The van der Waals surface area contributed by atoms with Crippen LogP contribution in [0.2, 0.25) is 0 Å². The van der Waals surface area contributed by atoms with Gasteiger partial charge in [-0.2, -0.15) is 0 Å². The van der Waals surface area contributed by atoms with Crippen LogP contribution in [0, 0.1) is 0 Å². The Bertz CT molecular complexity index is 353. The van der Waals surface area contributed by atoms with Crippen LogP contribution in [0.25, 0.3) is 0 Å². The maximum absolute atomic E-state index is 10.9. The Morgan fingerprint density at radius 2 is 2.33 bits per heavy atom. The lowest BCUT2D eigenvalue weighted by Crippen LogP contribution is -2.28. The third kappa shape index (κ3) is 1.82. The molecular weight excluding hydrogens is 158 g/mol. The normalized spacial score (nSPS) is 9.00. The summed E-state index contributed by atoms with van der Waals surface area (Å²) in [5, 5.41) is 0. The summed E-state index contributed by atoms with van der Waals surface area (Å²) in [5.41, 5.74) is -0.396. The summed E-state index contributed by atoms with van der Waals surface area (Å²) in [5.74, 6) is -0.664. The number of hydrogen-bond acceptors (Lipinski definition) is 3. The largest absolute Gasteiger partial charge is 0.356 e. The van der Waals surface area contributed by atoms with E-state index in [1.165, 1.54) is 12.3 Å². The van der Waals surface area contributed by atoms with E-state index in [0.29, 0.717) is 0 Å². The lowest BCUT2D eigenvalue weighted by molar-refractivity contribution is -0.138. The maximum atomic E-state index is 10.9. The molecule has 62 valence electrons. The number of pyridine rings is 1. The zero-order valence-corrected chi connectivity index (χ0v) is 6.27. The van der Waals surface area contributed by atoms with Gasteiger partial charge in [-0.15, -0.1) is 4.73 Å². The minimum absolute atomic E-state index is 0.396. The van der Waals surface area contributed by atoms with Crippen molar-refractivity contribution in [2.24, 2.45) is 0 Å². The van der Waals surface area contributed by atoms with E-state index in [0.717, 1.165) is 10.8 Å².